The highest BCUT2D eigenvalue weighted by atomic mass is 16.3. The summed E-state index contributed by atoms with van der Waals surface area (Å²) < 4.78 is 0. The van der Waals surface area contributed by atoms with Crippen molar-refractivity contribution in [1.82, 2.24) is 0 Å². The van der Waals surface area contributed by atoms with Gasteiger partial charge in [-0.2, -0.15) is 0 Å². The lowest BCUT2D eigenvalue weighted by Crippen LogP contribution is -2.11. The second-order valence-corrected chi connectivity index (χ2v) is 9.80. The van der Waals surface area contributed by atoms with E-state index in [2.05, 4.69) is 61.5 Å². The molecule has 170 valence electrons. The maximum Gasteiger partial charge on any atom is 0.0459 e. The summed E-state index contributed by atoms with van der Waals surface area (Å²) in [5.74, 6) is 3.56. The van der Waals surface area contributed by atoms with Crippen molar-refractivity contribution in [3.8, 4) is 0 Å². The molecule has 1 fully saturated rings. The summed E-state index contributed by atoms with van der Waals surface area (Å²) in [6.07, 6.45) is 14.3. The zero-order chi connectivity index (χ0) is 21.9. The summed E-state index contributed by atoms with van der Waals surface area (Å²) >= 11 is 0. The third-order valence-corrected chi connectivity index (χ3v) is 6.07. The first kappa shape index (κ1) is 29.9. The molecule has 3 unspecified atom stereocenters. The number of hydrogen-bond donors (Lipinski definition) is 2. The third kappa shape index (κ3) is 20.4. The predicted molar refractivity (Wildman–Crippen MR) is 127 cm³/mol. The van der Waals surface area contributed by atoms with Gasteiger partial charge in [0.05, 0.1) is 0 Å². The number of aliphatic hydroxyl groups excluding tert-OH is 2. The number of unbranched alkanes of at least 4 members (excludes halogenated alkanes) is 2. The summed E-state index contributed by atoms with van der Waals surface area (Å²) in [5.41, 5.74) is 1.36. The van der Waals surface area contributed by atoms with Gasteiger partial charge in [-0.1, -0.05) is 98.1 Å². The van der Waals surface area contributed by atoms with Crippen molar-refractivity contribution in [2.45, 2.75) is 113 Å². The molecule has 0 saturated heterocycles. The van der Waals surface area contributed by atoms with E-state index in [0.29, 0.717) is 31.0 Å². The highest BCUT2D eigenvalue weighted by Crippen LogP contribution is 2.27. The number of aliphatic hydroxyl groups is 2. The predicted octanol–water partition coefficient (Wildman–Crippen LogP) is 7.63. The number of rotatable bonds is 9. The Balaban J connectivity index is 0. The fourth-order valence-electron chi connectivity index (χ4n) is 3.09. The molecule has 0 radical (unpaired) electrons. The van der Waals surface area contributed by atoms with Gasteiger partial charge in [-0.25, -0.2) is 0 Å². The molecule has 1 aliphatic rings. The molecular weight excluding hydrogens is 344 g/mol. The maximum atomic E-state index is 8.85. The topological polar surface area (TPSA) is 40.5 Å². The van der Waals surface area contributed by atoms with Gasteiger partial charge in [0.15, 0.2) is 0 Å². The van der Waals surface area contributed by atoms with Crippen LogP contribution in [0.5, 0.6) is 0 Å². The molecule has 0 bridgehead atoms. The fraction of sp³-hybridized carbons (Fsp3) is 0.923. The van der Waals surface area contributed by atoms with Crippen LogP contribution in [0.3, 0.4) is 0 Å². The van der Waals surface area contributed by atoms with Crippen molar-refractivity contribution in [1.29, 1.82) is 0 Å². The van der Waals surface area contributed by atoms with Gasteiger partial charge in [0.1, 0.15) is 0 Å². The molecular formula is C26H54O2. The molecule has 0 amide bonds. The molecule has 0 heterocycles. The number of allylic oxidation sites excluding steroid dienone is 2. The minimum absolute atomic E-state index is 0.303. The van der Waals surface area contributed by atoms with E-state index in [1.54, 1.807) is 0 Å². The molecule has 2 heteroatoms. The summed E-state index contributed by atoms with van der Waals surface area (Å²) in [6, 6.07) is 0. The highest BCUT2D eigenvalue weighted by molar-refractivity contribution is 4.93. The van der Waals surface area contributed by atoms with Crippen molar-refractivity contribution in [2.24, 2.45) is 29.6 Å². The summed E-state index contributed by atoms with van der Waals surface area (Å²) in [6.45, 7) is 18.2. The number of hydrogen-bond acceptors (Lipinski definition) is 2. The Hall–Kier alpha value is -0.340. The van der Waals surface area contributed by atoms with Crippen LogP contribution >= 0.6 is 0 Å². The van der Waals surface area contributed by atoms with Crippen LogP contribution in [0.15, 0.2) is 11.6 Å². The molecule has 0 spiro atoms. The van der Waals surface area contributed by atoms with Crippen LogP contribution in [-0.4, -0.2) is 23.4 Å². The Morgan fingerprint density at radius 1 is 0.857 bits per heavy atom. The van der Waals surface area contributed by atoms with Crippen LogP contribution in [0.2, 0.25) is 0 Å². The quantitative estimate of drug-likeness (QED) is 0.309. The molecule has 1 aliphatic carbocycles. The normalized spacial score (nSPS) is 21.9. The maximum absolute atomic E-state index is 8.85. The molecule has 2 nitrogen and oxygen atoms in total. The minimum Gasteiger partial charge on any atom is -0.396 e. The Kier molecular flexibility index (Phi) is 21.3. The van der Waals surface area contributed by atoms with Crippen molar-refractivity contribution >= 4 is 0 Å². The second-order valence-electron chi connectivity index (χ2n) is 9.80. The van der Waals surface area contributed by atoms with Crippen LogP contribution in [0.1, 0.15) is 113 Å². The van der Waals surface area contributed by atoms with E-state index >= 15 is 0 Å². The monoisotopic (exact) mass is 398 g/mol. The Morgan fingerprint density at radius 3 is 1.71 bits per heavy atom. The van der Waals surface area contributed by atoms with Crippen LogP contribution in [-0.2, 0) is 0 Å². The van der Waals surface area contributed by atoms with Crippen LogP contribution in [0, 0.1) is 29.6 Å². The average molecular weight is 399 g/mol. The molecule has 0 aromatic rings. The molecule has 3 atom stereocenters. The molecule has 0 aliphatic heterocycles. The van der Waals surface area contributed by atoms with E-state index in [4.69, 9.17) is 10.2 Å². The highest BCUT2D eigenvalue weighted by Gasteiger charge is 2.13. The van der Waals surface area contributed by atoms with E-state index in [1.165, 1.54) is 56.9 Å². The van der Waals surface area contributed by atoms with Gasteiger partial charge in [-0.05, 0) is 56.3 Å². The van der Waals surface area contributed by atoms with Crippen LogP contribution < -0.4 is 0 Å². The van der Waals surface area contributed by atoms with E-state index in [0.717, 1.165) is 18.3 Å². The smallest absolute Gasteiger partial charge is 0.0459 e. The lowest BCUT2D eigenvalue weighted by molar-refractivity contribution is 0.196. The van der Waals surface area contributed by atoms with E-state index in [9.17, 15) is 0 Å². The van der Waals surface area contributed by atoms with Gasteiger partial charge in [-0.3, -0.25) is 0 Å². The summed E-state index contributed by atoms with van der Waals surface area (Å²) in [4.78, 5) is 0. The van der Waals surface area contributed by atoms with Gasteiger partial charge in [0.2, 0.25) is 0 Å². The largest absolute Gasteiger partial charge is 0.396 e. The van der Waals surface area contributed by atoms with E-state index < -0.39 is 0 Å². The first-order valence-corrected chi connectivity index (χ1v) is 12.0. The Bertz CT molecular complexity index is 328. The standard InChI is InChI=1S/C10H20O.C8H18O.C8H16/c1-8(2)5-6-9(3)10(4)7-11;1-3-4-5-6-8(2)7-9;1-7-3-5-8(2)6-4-7/h5,9-11H,6-7H2,1-4H3;8-9H,3-7H2,1-2H3;7-8H,3-6H2,1-2H3. The first-order valence-electron chi connectivity index (χ1n) is 12.0. The minimum atomic E-state index is 0.303. The molecule has 0 aromatic carbocycles. The van der Waals surface area contributed by atoms with E-state index in [1.807, 2.05) is 0 Å². The van der Waals surface area contributed by atoms with E-state index in [-0.39, 0.29) is 0 Å². The van der Waals surface area contributed by atoms with Crippen molar-refractivity contribution in [3.05, 3.63) is 11.6 Å². The first-order chi connectivity index (χ1) is 13.2. The molecule has 1 rings (SSSR count). The van der Waals surface area contributed by atoms with Gasteiger partial charge in [0.25, 0.3) is 0 Å². The zero-order valence-corrected chi connectivity index (χ0v) is 20.6. The molecule has 1 saturated carbocycles. The second kappa shape index (κ2) is 20.0. The van der Waals surface area contributed by atoms with Gasteiger partial charge in [0, 0.05) is 13.2 Å². The molecule has 0 aromatic heterocycles. The molecule has 28 heavy (non-hydrogen) atoms. The van der Waals surface area contributed by atoms with Gasteiger partial charge in [-0.15, -0.1) is 0 Å². The lowest BCUT2D eigenvalue weighted by Gasteiger charge is -2.22. The van der Waals surface area contributed by atoms with Crippen molar-refractivity contribution in [3.63, 3.8) is 0 Å². The SMILES string of the molecule is CC(C)=CCC(C)C(C)CO.CC1CCC(C)CC1.CCCCCC(C)CO. The van der Waals surface area contributed by atoms with Gasteiger partial charge >= 0.3 is 0 Å². The average Bonchev–Trinajstić information content (AvgIpc) is 2.68. The fourth-order valence-corrected chi connectivity index (χ4v) is 3.09. The third-order valence-electron chi connectivity index (χ3n) is 6.07. The summed E-state index contributed by atoms with van der Waals surface area (Å²) in [7, 11) is 0. The zero-order valence-electron chi connectivity index (χ0n) is 20.6. The van der Waals surface area contributed by atoms with Crippen LogP contribution in [0.25, 0.3) is 0 Å². The van der Waals surface area contributed by atoms with Crippen LogP contribution in [0.4, 0.5) is 0 Å². The lowest BCUT2D eigenvalue weighted by atomic mass is 9.84. The summed E-state index contributed by atoms with van der Waals surface area (Å²) in [5, 5.41) is 17.5. The Labute approximate surface area is 178 Å². The molecule has 2 N–H and O–H groups in total. The van der Waals surface area contributed by atoms with Gasteiger partial charge < -0.3 is 10.2 Å². The van der Waals surface area contributed by atoms with Crippen molar-refractivity contribution in [2.75, 3.05) is 13.2 Å². The van der Waals surface area contributed by atoms with Crippen molar-refractivity contribution < 1.29 is 10.2 Å². The Morgan fingerprint density at radius 2 is 1.36 bits per heavy atom.